The average molecular weight is 308 g/mol. The first kappa shape index (κ1) is 14.7. The highest BCUT2D eigenvalue weighted by Crippen LogP contribution is 2.35. The highest BCUT2D eigenvalue weighted by Gasteiger charge is 2.25. The Morgan fingerprint density at radius 2 is 1.65 bits per heavy atom. The van der Waals surface area contributed by atoms with Crippen LogP contribution in [0.5, 0.6) is 5.88 Å². The van der Waals surface area contributed by atoms with E-state index in [2.05, 4.69) is 40.3 Å². The Balaban J connectivity index is 1.40. The molecule has 1 heterocycles. The smallest absolute Gasteiger partial charge is 0.220 e. The predicted molar refractivity (Wildman–Crippen MR) is 90.7 cm³/mol. The van der Waals surface area contributed by atoms with E-state index < -0.39 is 0 Å². The number of benzene rings is 1. The van der Waals surface area contributed by atoms with E-state index in [0.29, 0.717) is 12.0 Å². The van der Waals surface area contributed by atoms with Gasteiger partial charge in [0.15, 0.2) is 0 Å². The molecule has 0 aliphatic heterocycles. The number of hydrogen-bond acceptors (Lipinski definition) is 3. The Labute approximate surface area is 138 Å². The monoisotopic (exact) mass is 308 g/mol. The summed E-state index contributed by atoms with van der Waals surface area (Å²) in [6.45, 7) is 0. The van der Waals surface area contributed by atoms with Crippen LogP contribution in [-0.4, -0.2) is 16.1 Å². The topological polar surface area (TPSA) is 35.0 Å². The largest absolute Gasteiger partial charge is 0.474 e. The van der Waals surface area contributed by atoms with Gasteiger partial charge in [-0.2, -0.15) is 0 Å². The Morgan fingerprint density at radius 3 is 2.48 bits per heavy atom. The fourth-order valence-electron chi connectivity index (χ4n) is 3.99. The molecule has 0 N–H and O–H groups in total. The van der Waals surface area contributed by atoms with Gasteiger partial charge in [0, 0.05) is 5.56 Å². The van der Waals surface area contributed by atoms with Gasteiger partial charge in [-0.3, -0.25) is 0 Å². The zero-order valence-electron chi connectivity index (χ0n) is 13.6. The number of aromatic nitrogens is 2. The first-order valence-electron chi connectivity index (χ1n) is 8.94. The van der Waals surface area contributed by atoms with Crippen LogP contribution >= 0.6 is 0 Å². The average Bonchev–Trinajstić information content (AvgIpc) is 2.63. The highest BCUT2D eigenvalue weighted by atomic mass is 16.5. The minimum Gasteiger partial charge on any atom is -0.474 e. The summed E-state index contributed by atoms with van der Waals surface area (Å²) in [5, 5.41) is 0. The summed E-state index contributed by atoms with van der Waals surface area (Å²) in [5.41, 5.74) is 3.95. The van der Waals surface area contributed by atoms with E-state index in [0.717, 1.165) is 31.6 Å². The molecule has 2 aliphatic carbocycles. The summed E-state index contributed by atoms with van der Waals surface area (Å²) in [6.07, 6.45) is 11.3. The van der Waals surface area contributed by atoms with Gasteiger partial charge in [0.1, 0.15) is 12.4 Å². The minimum absolute atomic E-state index is 0.316. The second-order valence-electron chi connectivity index (χ2n) is 6.81. The lowest BCUT2D eigenvalue weighted by molar-refractivity contribution is 0.138. The van der Waals surface area contributed by atoms with Crippen molar-refractivity contribution >= 4 is 0 Å². The Kier molecular flexibility index (Phi) is 4.27. The number of aryl methyl sites for hydroxylation is 1. The van der Waals surface area contributed by atoms with Crippen LogP contribution in [0, 0.1) is 0 Å². The molecule has 0 amide bonds. The second-order valence-corrected chi connectivity index (χ2v) is 6.81. The lowest BCUT2D eigenvalue weighted by Gasteiger charge is -2.30. The maximum atomic E-state index is 6.29. The zero-order valence-corrected chi connectivity index (χ0v) is 13.6. The van der Waals surface area contributed by atoms with Gasteiger partial charge in [-0.1, -0.05) is 30.3 Å². The first-order valence-corrected chi connectivity index (χ1v) is 8.94. The Hall–Kier alpha value is -1.90. The Morgan fingerprint density at radius 1 is 0.870 bits per heavy atom. The molecule has 0 spiro atoms. The molecule has 1 aromatic heterocycles. The summed E-state index contributed by atoms with van der Waals surface area (Å²) in [7, 11) is 0. The van der Waals surface area contributed by atoms with Crippen LogP contribution < -0.4 is 4.74 Å². The maximum absolute atomic E-state index is 6.29. The maximum Gasteiger partial charge on any atom is 0.220 e. The van der Waals surface area contributed by atoms with Crippen molar-refractivity contribution in [3.63, 3.8) is 0 Å². The third-order valence-corrected chi connectivity index (χ3v) is 5.31. The zero-order chi connectivity index (χ0) is 15.5. The predicted octanol–water partition coefficient (Wildman–Crippen LogP) is 4.46. The van der Waals surface area contributed by atoms with Gasteiger partial charge in [-0.25, -0.2) is 9.97 Å². The molecule has 1 saturated carbocycles. The summed E-state index contributed by atoms with van der Waals surface area (Å²) >= 11 is 0. The molecule has 0 saturated heterocycles. The number of ether oxygens (including phenoxy) is 1. The van der Waals surface area contributed by atoms with E-state index in [1.807, 2.05) is 0 Å². The summed E-state index contributed by atoms with van der Waals surface area (Å²) in [4.78, 5) is 8.86. The van der Waals surface area contributed by atoms with Crippen molar-refractivity contribution in [3.05, 3.63) is 53.5 Å². The van der Waals surface area contributed by atoms with E-state index in [9.17, 15) is 0 Å². The van der Waals surface area contributed by atoms with Crippen LogP contribution in [0.1, 0.15) is 61.3 Å². The quantitative estimate of drug-likeness (QED) is 0.839. The highest BCUT2D eigenvalue weighted by molar-refractivity contribution is 5.32. The van der Waals surface area contributed by atoms with Crippen molar-refractivity contribution in [2.75, 3.05) is 0 Å². The normalized spacial score (nSPS) is 24.0. The molecule has 1 fully saturated rings. The van der Waals surface area contributed by atoms with E-state index in [4.69, 9.17) is 4.74 Å². The van der Waals surface area contributed by atoms with Gasteiger partial charge >= 0.3 is 0 Å². The fourth-order valence-corrected chi connectivity index (χ4v) is 3.99. The van der Waals surface area contributed by atoms with E-state index in [1.54, 1.807) is 6.33 Å². The van der Waals surface area contributed by atoms with Crippen LogP contribution in [0.4, 0.5) is 0 Å². The van der Waals surface area contributed by atoms with Crippen molar-refractivity contribution in [1.29, 1.82) is 0 Å². The number of hydrogen-bond donors (Lipinski definition) is 0. The standard InChI is InChI=1S/C20H24N2O/c1-2-6-15(7-3-1)16-10-12-17(13-11-16)23-20-18-8-4-5-9-19(18)21-14-22-20/h1-3,6-7,14,16-17H,4-5,8-13H2/t16-,17+. The summed E-state index contributed by atoms with van der Waals surface area (Å²) < 4.78 is 6.29. The van der Waals surface area contributed by atoms with Gasteiger partial charge in [0.25, 0.3) is 0 Å². The van der Waals surface area contributed by atoms with Crippen LogP contribution in [0.2, 0.25) is 0 Å². The SMILES string of the molecule is c1ccc([C@H]2CC[C@@H](Oc3ncnc4c3CCCC4)CC2)cc1. The van der Waals surface area contributed by atoms with Crippen molar-refractivity contribution in [1.82, 2.24) is 9.97 Å². The first-order chi connectivity index (χ1) is 11.4. The lowest BCUT2D eigenvalue weighted by Crippen LogP contribution is -2.25. The van der Waals surface area contributed by atoms with Gasteiger partial charge in [0.2, 0.25) is 5.88 Å². The molecule has 0 unspecified atom stereocenters. The molecule has 4 rings (SSSR count). The van der Waals surface area contributed by atoms with Crippen LogP contribution in [0.15, 0.2) is 36.7 Å². The van der Waals surface area contributed by atoms with Crippen LogP contribution in [-0.2, 0) is 12.8 Å². The van der Waals surface area contributed by atoms with E-state index in [1.165, 1.54) is 42.5 Å². The van der Waals surface area contributed by atoms with Crippen LogP contribution in [0.3, 0.4) is 0 Å². The van der Waals surface area contributed by atoms with Crippen molar-refractivity contribution in [3.8, 4) is 5.88 Å². The Bertz CT molecular complexity index is 648. The van der Waals surface area contributed by atoms with E-state index in [-0.39, 0.29) is 0 Å². The molecule has 0 bridgehead atoms. The van der Waals surface area contributed by atoms with Gasteiger partial charge < -0.3 is 4.74 Å². The summed E-state index contributed by atoms with van der Waals surface area (Å²) in [5.74, 6) is 1.55. The molecule has 23 heavy (non-hydrogen) atoms. The molecule has 2 aliphatic rings. The summed E-state index contributed by atoms with van der Waals surface area (Å²) in [6, 6.07) is 10.9. The minimum atomic E-state index is 0.316. The van der Waals surface area contributed by atoms with Gasteiger partial charge in [-0.05, 0) is 62.8 Å². The molecule has 2 aromatic rings. The lowest BCUT2D eigenvalue weighted by atomic mass is 9.83. The third kappa shape index (κ3) is 3.24. The van der Waals surface area contributed by atoms with Crippen molar-refractivity contribution in [2.24, 2.45) is 0 Å². The second kappa shape index (κ2) is 6.69. The number of rotatable bonds is 3. The fraction of sp³-hybridized carbons (Fsp3) is 0.500. The van der Waals surface area contributed by atoms with Gasteiger partial charge in [-0.15, -0.1) is 0 Å². The molecule has 0 radical (unpaired) electrons. The number of nitrogens with zero attached hydrogens (tertiary/aromatic N) is 2. The van der Waals surface area contributed by atoms with Crippen molar-refractivity contribution in [2.45, 2.75) is 63.4 Å². The van der Waals surface area contributed by atoms with Gasteiger partial charge in [0.05, 0.1) is 5.69 Å². The molecule has 3 heteroatoms. The van der Waals surface area contributed by atoms with Crippen LogP contribution in [0.25, 0.3) is 0 Å². The molecule has 3 nitrogen and oxygen atoms in total. The van der Waals surface area contributed by atoms with E-state index >= 15 is 0 Å². The molecular weight excluding hydrogens is 284 g/mol. The van der Waals surface area contributed by atoms with Crippen molar-refractivity contribution < 1.29 is 4.74 Å². The number of fused-ring (bicyclic) bond motifs is 1. The third-order valence-electron chi connectivity index (χ3n) is 5.31. The molecular formula is C20H24N2O. The molecule has 120 valence electrons. The molecule has 0 atom stereocenters. The molecule has 1 aromatic carbocycles.